The number of hydrogen-bond donors (Lipinski definition) is 1. The Balaban J connectivity index is 1.46. The molecule has 2 aromatic rings. The van der Waals surface area contributed by atoms with Gasteiger partial charge in [0.25, 0.3) is 0 Å². The third-order valence-corrected chi connectivity index (χ3v) is 4.30. The molecule has 1 fully saturated rings. The summed E-state index contributed by atoms with van der Waals surface area (Å²) in [5.74, 6) is 0. The van der Waals surface area contributed by atoms with Crippen LogP contribution in [0.4, 0.5) is 5.69 Å². The summed E-state index contributed by atoms with van der Waals surface area (Å²) in [6, 6.07) is 19.2. The largest absolute Gasteiger partial charge is 0.381 e. The van der Waals surface area contributed by atoms with E-state index in [0.29, 0.717) is 6.04 Å². The van der Waals surface area contributed by atoms with E-state index >= 15 is 0 Å². The Morgan fingerprint density at radius 1 is 1.05 bits per heavy atom. The number of rotatable bonds is 5. The first-order valence-corrected chi connectivity index (χ1v) is 7.96. The number of nitrogens with one attached hydrogen (secondary N) is 1. The van der Waals surface area contributed by atoms with Crippen molar-refractivity contribution in [1.82, 2.24) is 4.90 Å². The Morgan fingerprint density at radius 3 is 2.57 bits per heavy atom. The Labute approximate surface area is 131 Å². The summed E-state index contributed by atoms with van der Waals surface area (Å²) in [5, 5.41) is 4.38. The van der Waals surface area contributed by atoms with Crippen LogP contribution in [0.15, 0.2) is 54.6 Å². The van der Waals surface area contributed by atoms with Crippen molar-refractivity contribution in [3.05, 3.63) is 65.2 Å². The van der Waals surface area contributed by atoms with Gasteiger partial charge in [-0.15, -0.1) is 0 Å². The lowest BCUT2D eigenvalue weighted by Gasteiger charge is -2.17. The predicted molar refractivity (Wildman–Crippen MR) is 90.1 cm³/mol. The Morgan fingerprint density at radius 2 is 1.81 bits per heavy atom. The quantitative estimate of drug-likeness (QED) is 0.895. The van der Waals surface area contributed by atoms with Crippen LogP contribution in [0.25, 0.3) is 0 Å². The van der Waals surface area contributed by atoms with Crippen LogP contribution >= 0.6 is 11.6 Å². The minimum atomic E-state index is 0.543. The first-order valence-electron chi connectivity index (χ1n) is 7.58. The number of halogens is 1. The third-order valence-electron chi connectivity index (χ3n) is 4.05. The van der Waals surface area contributed by atoms with Crippen LogP contribution in [0, 0.1) is 0 Å². The number of nitrogens with zero attached hydrogens (tertiary/aromatic N) is 1. The average molecular weight is 301 g/mol. The molecule has 0 aliphatic carbocycles. The standard InChI is InChI=1S/C18H21ClN2/c19-16-6-8-17(9-7-16)20-18-11-13-21(14-18)12-10-15-4-2-1-3-5-15/h1-9,18,20H,10-14H2. The summed E-state index contributed by atoms with van der Waals surface area (Å²) < 4.78 is 0. The fourth-order valence-electron chi connectivity index (χ4n) is 2.87. The van der Waals surface area contributed by atoms with Gasteiger partial charge in [0.15, 0.2) is 0 Å². The molecule has 1 atom stereocenters. The van der Waals surface area contributed by atoms with Gasteiger partial charge in [-0.05, 0) is 42.7 Å². The second-order valence-corrected chi connectivity index (χ2v) is 6.11. The number of hydrogen-bond acceptors (Lipinski definition) is 2. The molecule has 1 aliphatic rings. The third kappa shape index (κ3) is 4.23. The molecule has 0 spiro atoms. The summed E-state index contributed by atoms with van der Waals surface area (Å²) in [4.78, 5) is 2.54. The van der Waals surface area contributed by atoms with E-state index in [1.165, 1.54) is 18.5 Å². The first-order chi connectivity index (χ1) is 10.3. The molecule has 2 nitrogen and oxygen atoms in total. The maximum atomic E-state index is 5.91. The van der Waals surface area contributed by atoms with Crippen LogP contribution in [-0.4, -0.2) is 30.6 Å². The van der Waals surface area contributed by atoms with Crippen LogP contribution in [0.5, 0.6) is 0 Å². The molecular formula is C18H21ClN2. The molecule has 0 amide bonds. The zero-order valence-corrected chi connectivity index (χ0v) is 12.9. The molecule has 0 aromatic heterocycles. The van der Waals surface area contributed by atoms with E-state index in [0.717, 1.165) is 30.2 Å². The molecule has 110 valence electrons. The monoisotopic (exact) mass is 300 g/mol. The van der Waals surface area contributed by atoms with Gasteiger partial charge in [0.2, 0.25) is 0 Å². The van der Waals surface area contributed by atoms with E-state index in [4.69, 9.17) is 11.6 Å². The summed E-state index contributed by atoms with van der Waals surface area (Å²) in [7, 11) is 0. The molecule has 1 N–H and O–H groups in total. The van der Waals surface area contributed by atoms with Crippen molar-refractivity contribution in [1.29, 1.82) is 0 Å². The van der Waals surface area contributed by atoms with Crippen LogP contribution in [0.2, 0.25) is 5.02 Å². The lowest BCUT2D eigenvalue weighted by Crippen LogP contribution is -2.27. The van der Waals surface area contributed by atoms with Crippen molar-refractivity contribution in [3.8, 4) is 0 Å². The van der Waals surface area contributed by atoms with Crippen molar-refractivity contribution in [2.75, 3.05) is 25.0 Å². The fraction of sp³-hybridized carbons (Fsp3) is 0.333. The maximum absolute atomic E-state index is 5.91. The van der Waals surface area contributed by atoms with Gasteiger partial charge in [0.1, 0.15) is 0 Å². The minimum Gasteiger partial charge on any atom is -0.381 e. The van der Waals surface area contributed by atoms with Crippen LogP contribution in [0.1, 0.15) is 12.0 Å². The zero-order chi connectivity index (χ0) is 14.5. The lowest BCUT2D eigenvalue weighted by atomic mass is 10.1. The summed E-state index contributed by atoms with van der Waals surface area (Å²) in [6.45, 7) is 3.44. The molecule has 3 heteroatoms. The average Bonchev–Trinajstić information content (AvgIpc) is 2.96. The van der Waals surface area contributed by atoms with E-state index in [1.54, 1.807) is 0 Å². The SMILES string of the molecule is Clc1ccc(NC2CCN(CCc3ccccc3)C2)cc1. The molecular weight excluding hydrogens is 280 g/mol. The van der Waals surface area contributed by atoms with E-state index in [2.05, 4.69) is 52.7 Å². The molecule has 21 heavy (non-hydrogen) atoms. The highest BCUT2D eigenvalue weighted by Gasteiger charge is 2.21. The number of anilines is 1. The van der Waals surface area contributed by atoms with Crippen molar-refractivity contribution in [2.24, 2.45) is 0 Å². The second-order valence-electron chi connectivity index (χ2n) is 5.67. The van der Waals surface area contributed by atoms with Gasteiger partial charge in [-0.1, -0.05) is 41.9 Å². The van der Waals surface area contributed by atoms with E-state index in [-0.39, 0.29) is 0 Å². The van der Waals surface area contributed by atoms with Gasteiger partial charge >= 0.3 is 0 Å². The lowest BCUT2D eigenvalue weighted by molar-refractivity contribution is 0.341. The molecule has 1 aliphatic heterocycles. The molecule has 1 heterocycles. The molecule has 0 saturated carbocycles. The van der Waals surface area contributed by atoms with Crippen molar-refractivity contribution >= 4 is 17.3 Å². The van der Waals surface area contributed by atoms with Gasteiger partial charge in [-0.3, -0.25) is 0 Å². The van der Waals surface area contributed by atoms with Crippen molar-refractivity contribution in [3.63, 3.8) is 0 Å². The Hall–Kier alpha value is -1.51. The highest BCUT2D eigenvalue weighted by Crippen LogP contribution is 2.18. The Bertz CT molecular complexity index is 553. The maximum Gasteiger partial charge on any atom is 0.0407 e. The Kier molecular flexibility index (Phi) is 4.79. The number of likely N-dealkylation sites (tertiary alicyclic amines) is 1. The summed E-state index contributed by atoms with van der Waals surface area (Å²) in [5.41, 5.74) is 2.58. The molecule has 1 unspecified atom stereocenters. The molecule has 2 aromatic carbocycles. The zero-order valence-electron chi connectivity index (χ0n) is 12.1. The second kappa shape index (κ2) is 6.97. The first kappa shape index (κ1) is 14.4. The van der Waals surface area contributed by atoms with Crippen molar-refractivity contribution < 1.29 is 0 Å². The van der Waals surface area contributed by atoms with E-state index < -0.39 is 0 Å². The van der Waals surface area contributed by atoms with E-state index in [9.17, 15) is 0 Å². The molecule has 0 bridgehead atoms. The van der Waals surface area contributed by atoms with Gasteiger partial charge < -0.3 is 10.2 Å². The fourth-order valence-corrected chi connectivity index (χ4v) is 2.99. The smallest absolute Gasteiger partial charge is 0.0407 e. The van der Waals surface area contributed by atoms with Crippen LogP contribution < -0.4 is 5.32 Å². The summed E-state index contributed by atoms with van der Waals surface area (Å²) >= 11 is 5.91. The molecule has 0 radical (unpaired) electrons. The summed E-state index contributed by atoms with van der Waals surface area (Å²) in [6.07, 6.45) is 2.34. The highest BCUT2D eigenvalue weighted by atomic mass is 35.5. The number of benzene rings is 2. The predicted octanol–water partition coefficient (Wildman–Crippen LogP) is 4.07. The van der Waals surface area contributed by atoms with Crippen molar-refractivity contribution in [2.45, 2.75) is 18.9 Å². The van der Waals surface area contributed by atoms with Gasteiger partial charge in [-0.2, -0.15) is 0 Å². The van der Waals surface area contributed by atoms with Gasteiger partial charge in [0.05, 0.1) is 0 Å². The normalized spacial score (nSPS) is 18.8. The van der Waals surface area contributed by atoms with E-state index in [1.807, 2.05) is 12.1 Å². The molecule has 1 saturated heterocycles. The van der Waals surface area contributed by atoms with Gasteiger partial charge in [0, 0.05) is 36.4 Å². The topological polar surface area (TPSA) is 15.3 Å². The van der Waals surface area contributed by atoms with Gasteiger partial charge in [-0.25, -0.2) is 0 Å². The minimum absolute atomic E-state index is 0.543. The molecule has 3 rings (SSSR count). The highest BCUT2D eigenvalue weighted by molar-refractivity contribution is 6.30. The van der Waals surface area contributed by atoms with Crippen LogP contribution in [-0.2, 0) is 6.42 Å². The van der Waals surface area contributed by atoms with Crippen LogP contribution in [0.3, 0.4) is 0 Å².